The smallest absolute Gasteiger partial charge is 0.306 e. The molecule has 0 spiro atoms. The Labute approximate surface area is 119 Å². The average molecular weight is 305 g/mol. The minimum atomic E-state index is -2.86. The number of ether oxygens (including phenoxy) is 1. The highest BCUT2D eigenvalue weighted by molar-refractivity contribution is 6.09. The molecule has 0 aromatic carbocycles. The molecule has 1 saturated heterocycles. The summed E-state index contributed by atoms with van der Waals surface area (Å²) in [6.45, 7) is 2.31. The fourth-order valence-corrected chi connectivity index (χ4v) is 2.32. The van der Waals surface area contributed by atoms with Gasteiger partial charge in [0.2, 0.25) is 5.60 Å². The van der Waals surface area contributed by atoms with Gasteiger partial charge in [-0.05, 0) is 13.8 Å². The third-order valence-corrected chi connectivity index (χ3v) is 3.53. The van der Waals surface area contributed by atoms with Crippen LogP contribution in [-0.2, 0) is 19.1 Å². The van der Waals surface area contributed by atoms with Crippen LogP contribution in [0.2, 0.25) is 0 Å². The highest BCUT2D eigenvalue weighted by Crippen LogP contribution is 2.38. The van der Waals surface area contributed by atoms with Crippen molar-refractivity contribution in [2.75, 3.05) is 0 Å². The van der Waals surface area contributed by atoms with E-state index in [2.05, 4.69) is 0 Å². The van der Waals surface area contributed by atoms with Gasteiger partial charge >= 0.3 is 5.97 Å². The Morgan fingerprint density at radius 1 is 1.24 bits per heavy atom. The van der Waals surface area contributed by atoms with E-state index in [9.17, 15) is 34.8 Å². The Balaban J connectivity index is 3.39. The normalized spacial score (nSPS) is 33.5. The minimum absolute atomic E-state index is 0.614. The first kappa shape index (κ1) is 17.7. The van der Waals surface area contributed by atoms with E-state index in [1.54, 1.807) is 0 Å². The van der Waals surface area contributed by atoms with Crippen molar-refractivity contribution in [1.82, 2.24) is 0 Å². The number of rotatable bonds is 5. The van der Waals surface area contributed by atoms with Crippen molar-refractivity contribution in [1.29, 1.82) is 0 Å². The van der Waals surface area contributed by atoms with E-state index < -0.39 is 53.5 Å². The summed E-state index contributed by atoms with van der Waals surface area (Å²) in [4.78, 5) is 34.1. The number of carboxylic acids is 1. The maximum absolute atomic E-state index is 11.6. The lowest BCUT2D eigenvalue weighted by molar-refractivity contribution is -0.258. The first-order chi connectivity index (χ1) is 9.47. The highest BCUT2D eigenvalue weighted by Gasteiger charge is 2.63. The van der Waals surface area contributed by atoms with E-state index in [0.29, 0.717) is 6.61 Å². The summed E-state index contributed by atoms with van der Waals surface area (Å²) in [6.07, 6.45) is -7.06. The Morgan fingerprint density at radius 3 is 2.10 bits per heavy atom. The van der Waals surface area contributed by atoms with Crippen molar-refractivity contribution in [2.45, 2.75) is 49.8 Å². The quantitative estimate of drug-likeness (QED) is 0.342. The second kappa shape index (κ2) is 5.78. The largest absolute Gasteiger partial charge is 0.481 e. The Kier molecular flexibility index (Phi) is 4.86. The van der Waals surface area contributed by atoms with E-state index in [4.69, 9.17) is 9.84 Å². The Morgan fingerprint density at radius 2 is 1.71 bits per heavy atom. The number of aliphatic carboxylic acids is 1. The van der Waals surface area contributed by atoms with Crippen LogP contribution in [0.3, 0.4) is 0 Å². The van der Waals surface area contributed by atoms with Gasteiger partial charge in [0, 0.05) is 0 Å². The fourth-order valence-electron chi connectivity index (χ4n) is 2.32. The molecule has 119 valence electrons. The van der Waals surface area contributed by atoms with E-state index in [1.807, 2.05) is 0 Å². The molecule has 4 atom stereocenters. The van der Waals surface area contributed by atoms with Gasteiger partial charge in [0.15, 0.2) is 11.6 Å². The monoisotopic (exact) mass is 305 g/mol. The SMILES string of the molecule is CC(=O)C(O)(C(C)=O)[C@H]1O[CH][C@H](O)[C@@H](O)[C@@]1(O)CC(=O)O. The van der Waals surface area contributed by atoms with Crippen molar-refractivity contribution < 1.29 is 44.7 Å². The molecule has 21 heavy (non-hydrogen) atoms. The number of hydrogen-bond donors (Lipinski definition) is 5. The van der Waals surface area contributed by atoms with Gasteiger partial charge in [-0.15, -0.1) is 0 Å². The molecule has 1 heterocycles. The van der Waals surface area contributed by atoms with Crippen molar-refractivity contribution >= 4 is 17.5 Å². The highest BCUT2D eigenvalue weighted by atomic mass is 16.5. The summed E-state index contributed by atoms with van der Waals surface area (Å²) in [5.41, 5.74) is -5.60. The molecule has 5 N–H and O–H groups in total. The summed E-state index contributed by atoms with van der Waals surface area (Å²) >= 11 is 0. The number of carboxylic acid groups (broad SMARTS) is 1. The second-order valence-electron chi connectivity index (χ2n) is 5.03. The number of carbonyl (C=O) groups is 3. The average Bonchev–Trinajstić information content (AvgIpc) is 2.34. The van der Waals surface area contributed by atoms with Gasteiger partial charge < -0.3 is 30.3 Å². The minimum Gasteiger partial charge on any atom is -0.481 e. The van der Waals surface area contributed by atoms with Crippen LogP contribution in [0.15, 0.2) is 0 Å². The molecule has 9 nitrogen and oxygen atoms in total. The lowest BCUT2D eigenvalue weighted by Crippen LogP contribution is -2.72. The number of Topliss-reactive ketones (excluding diaryl/α,β-unsaturated/α-hetero) is 2. The number of aliphatic hydroxyl groups is 4. The number of hydrogen-bond acceptors (Lipinski definition) is 8. The zero-order valence-electron chi connectivity index (χ0n) is 11.4. The summed E-state index contributed by atoms with van der Waals surface area (Å²) in [7, 11) is 0. The molecule has 0 aromatic heterocycles. The first-order valence-electron chi connectivity index (χ1n) is 6.01. The van der Waals surface area contributed by atoms with Crippen molar-refractivity contribution in [3.63, 3.8) is 0 Å². The summed E-state index contributed by atoms with van der Waals surface area (Å²) in [5.74, 6) is -3.78. The number of ketones is 2. The number of carbonyl (C=O) groups excluding carboxylic acids is 2. The van der Waals surface area contributed by atoms with Gasteiger partial charge in [0.05, 0.1) is 6.42 Å². The van der Waals surface area contributed by atoms with Crippen LogP contribution in [0.4, 0.5) is 0 Å². The molecular weight excluding hydrogens is 288 g/mol. The van der Waals surface area contributed by atoms with E-state index in [-0.39, 0.29) is 0 Å². The Hall–Kier alpha value is -1.39. The second-order valence-corrected chi connectivity index (χ2v) is 5.03. The predicted octanol–water partition coefficient (Wildman–Crippen LogP) is -2.62. The van der Waals surface area contributed by atoms with E-state index >= 15 is 0 Å². The van der Waals surface area contributed by atoms with Crippen molar-refractivity contribution in [2.24, 2.45) is 0 Å². The molecule has 9 heteroatoms. The maximum atomic E-state index is 11.6. The summed E-state index contributed by atoms with van der Waals surface area (Å²) < 4.78 is 4.82. The third kappa shape index (κ3) is 2.83. The molecule has 0 aromatic rings. The lowest BCUT2D eigenvalue weighted by atomic mass is 9.72. The molecular formula is C12H17O9. The molecule has 0 aliphatic carbocycles. The van der Waals surface area contributed by atoms with Gasteiger partial charge in [-0.2, -0.15) is 0 Å². The molecule has 1 aliphatic heterocycles. The third-order valence-electron chi connectivity index (χ3n) is 3.53. The van der Waals surface area contributed by atoms with Gasteiger partial charge in [-0.3, -0.25) is 14.4 Å². The predicted molar refractivity (Wildman–Crippen MR) is 64.7 cm³/mol. The standard InChI is InChI=1S/C12H17O9/c1-5(13)12(20,6(2)14)10-11(19,3-8(16)17)9(18)7(15)4-21-10/h4,7,9-10,15,18-20H,3H2,1-2H3,(H,16,17)/t7-,9+,10-,11-/m0/s1. The van der Waals surface area contributed by atoms with E-state index in [0.717, 1.165) is 13.8 Å². The van der Waals surface area contributed by atoms with Crippen molar-refractivity contribution in [3.05, 3.63) is 6.61 Å². The van der Waals surface area contributed by atoms with Gasteiger partial charge in [0.1, 0.15) is 30.5 Å². The van der Waals surface area contributed by atoms with Gasteiger partial charge in [-0.25, -0.2) is 0 Å². The van der Waals surface area contributed by atoms with Gasteiger partial charge in [0.25, 0.3) is 0 Å². The van der Waals surface area contributed by atoms with Crippen LogP contribution in [-0.4, -0.2) is 72.6 Å². The fraction of sp³-hybridized carbons (Fsp3) is 0.667. The molecule has 1 fully saturated rings. The van der Waals surface area contributed by atoms with Crippen LogP contribution in [0.25, 0.3) is 0 Å². The number of aliphatic hydroxyl groups excluding tert-OH is 2. The van der Waals surface area contributed by atoms with Crippen LogP contribution in [0, 0.1) is 6.61 Å². The molecule has 0 bridgehead atoms. The Bertz CT molecular complexity index is 446. The van der Waals surface area contributed by atoms with Crippen molar-refractivity contribution in [3.8, 4) is 0 Å². The zero-order chi connectivity index (χ0) is 16.6. The van der Waals surface area contributed by atoms with Crippen LogP contribution >= 0.6 is 0 Å². The molecule has 1 rings (SSSR count). The molecule has 1 aliphatic rings. The maximum Gasteiger partial charge on any atom is 0.306 e. The van der Waals surface area contributed by atoms with Crippen LogP contribution < -0.4 is 0 Å². The molecule has 0 unspecified atom stereocenters. The topological polar surface area (TPSA) is 162 Å². The van der Waals surface area contributed by atoms with Crippen LogP contribution in [0.5, 0.6) is 0 Å². The van der Waals surface area contributed by atoms with E-state index in [1.165, 1.54) is 0 Å². The van der Waals surface area contributed by atoms with Gasteiger partial charge in [-0.1, -0.05) is 0 Å². The molecule has 0 saturated carbocycles. The summed E-state index contributed by atoms with van der Waals surface area (Å²) in [6, 6.07) is 0. The molecule has 1 radical (unpaired) electrons. The zero-order valence-corrected chi connectivity index (χ0v) is 11.4. The first-order valence-corrected chi connectivity index (χ1v) is 6.01. The molecule has 0 amide bonds. The summed E-state index contributed by atoms with van der Waals surface area (Å²) in [5, 5.41) is 48.7. The van der Waals surface area contributed by atoms with Crippen LogP contribution in [0.1, 0.15) is 20.3 Å². The lowest BCUT2D eigenvalue weighted by Gasteiger charge is -2.48.